The highest BCUT2D eigenvalue weighted by Crippen LogP contribution is 2.13. The van der Waals surface area contributed by atoms with Gasteiger partial charge in [-0.15, -0.1) is 0 Å². The molecule has 0 unspecified atom stereocenters. The van der Waals surface area contributed by atoms with Gasteiger partial charge in [-0.25, -0.2) is 0 Å². The van der Waals surface area contributed by atoms with Crippen molar-refractivity contribution < 1.29 is 9.59 Å². The van der Waals surface area contributed by atoms with Crippen LogP contribution in [0.25, 0.3) is 0 Å². The van der Waals surface area contributed by atoms with Crippen LogP contribution in [-0.2, 0) is 11.3 Å². The van der Waals surface area contributed by atoms with Gasteiger partial charge in [-0.05, 0) is 30.5 Å². The number of nitrogens with zero attached hydrogens (tertiary/aromatic N) is 3. The summed E-state index contributed by atoms with van der Waals surface area (Å²) in [6.45, 7) is 5.62. The van der Waals surface area contributed by atoms with Gasteiger partial charge in [0.2, 0.25) is 5.91 Å². The van der Waals surface area contributed by atoms with Crippen LogP contribution in [0, 0.1) is 0 Å². The lowest BCUT2D eigenvalue weighted by Gasteiger charge is -2.35. The summed E-state index contributed by atoms with van der Waals surface area (Å²) in [7, 11) is 0. The van der Waals surface area contributed by atoms with Gasteiger partial charge >= 0.3 is 0 Å². The first kappa shape index (κ1) is 18.9. The van der Waals surface area contributed by atoms with Crippen LogP contribution < -0.4 is 5.73 Å². The number of piperazine rings is 1. The molecule has 0 bridgehead atoms. The Morgan fingerprint density at radius 1 is 0.808 bits per heavy atom. The zero-order chi connectivity index (χ0) is 18.4. The van der Waals surface area contributed by atoms with Crippen molar-refractivity contribution in [1.29, 1.82) is 0 Å². The first-order valence-corrected chi connectivity index (χ1v) is 9.76. The number of hydrogen-bond donors (Lipinski definition) is 1. The largest absolute Gasteiger partial charge is 0.342 e. The van der Waals surface area contributed by atoms with Gasteiger partial charge in [0, 0.05) is 51.4 Å². The maximum absolute atomic E-state index is 12.6. The molecular formula is C20H30N4O2. The minimum absolute atomic E-state index is 0.0621. The van der Waals surface area contributed by atoms with Crippen LogP contribution in [0.4, 0.5) is 0 Å². The maximum Gasteiger partial charge on any atom is 0.253 e. The number of amides is 2. The first-order valence-electron chi connectivity index (χ1n) is 9.76. The highest BCUT2D eigenvalue weighted by Gasteiger charge is 2.25. The van der Waals surface area contributed by atoms with E-state index in [0.717, 1.165) is 44.6 Å². The number of benzene rings is 1. The summed E-state index contributed by atoms with van der Waals surface area (Å²) in [5.74, 6) is 0.302. The van der Waals surface area contributed by atoms with Gasteiger partial charge < -0.3 is 15.5 Å². The van der Waals surface area contributed by atoms with E-state index in [2.05, 4.69) is 4.90 Å². The third-order valence-corrected chi connectivity index (χ3v) is 5.41. The quantitative estimate of drug-likeness (QED) is 0.881. The summed E-state index contributed by atoms with van der Waals surface area (Å²) in [6, 6.07) is 7.51. The van der Waals surface area contributed by atoms with E-state index in [1.165, 1.54) is 12.8 Å². The monoisotopic (exact) mass is 358 g/mol. The molecular weight excluding hydrogens is 328 g/mol. The highest BCUT2D eigenvalue weighted by molar-refractivity contribution is 5.94. The smallest absolute Gasteiger partial charge is 0.253 e. The Kier molecular flexibility index (Phi) is 6.63. The Morgan fingerprint density at radius 3 is 2.00 bits per heavy atom. The standard InChI is InChI=1S/C20H30N4O2/c21-15-17-5-7-18(8-6-17)20(26)24-13-11-22(12-14-24)16-19(25)23-9-3-1-2-4-10-23/h5-8H,1-4,9-16,21H2. The normalized spacial score (nSPS) is 19.3. The number of likely N-dealkylation sites (tertiary alicyclic amines) is 1. The predicted molar refractivity (Wildman–Crippen MR) is 102 cm³/mol. The second-order valence-corrected chi connectivity index (χ2v) is 7.26. The van der Waals surface area contributed by atoms with E-state index >= 15 is 0 Å². The highest BCUT2D eigenvalue weighted by atomic mass is 16.2. The lowest BCUT2D eigenvalue weighted by molar-refractivity contribution is -0.132. The number of nitrogens with two attached hydrogens (primary N) is 1. The Labute approximate surface area is 155 Å². The van der Waals surface area contributed by atoms with Crippen LogP contribution in [0.5, 0.6) is 0 Å². The molecule has 2 fully saturated rings. The lowest BCUT2D eigenvalue weighted by Crippen LogP contribution is -2.51. The van der Waals surface area contributed by atoms with Crippen LogP contribution in [0.15, 0.2) is 24.3 Å². The van der Waals surface area contributed by atoms with Gasteiger partial charge in [0.15, 0.2) is 0 Å². The Balaban J connectivity index is 1.47. The van der Waals surface area contributed by atoms with Crippen LogP contribution >= 0.6 is 0 Å². The second-order valence-electron chi connectivity index (χ2n) is 7.26. The van der Waals surface area contributed by atoms with Gasteiger partial charge in [-0.1, -0.05) is 25.0 Å². The molecule has 2 aliphatic rings. The molecule has 0 radical (unpaired) electrons. The predicted octanol–water partition coefficient (Wildman–Crippen LogP) is 1.31. The Morgan fingerprint density at radius 2 is 1.42 bits per heavy atom. The Hall–Kier alpha value is -1.92. The number of carbonyl (C=O) groups excluding carboxylic acids is 2. The molecule has 6 nitrogen and oxygen atoms in total. The molecule has 0 saturated carbocycles. The molecule has 2 heterocycles. The second kappa shape index (κ2) is 9.14. The van der Waals surface area contributed by atoms with Crippen molar-refractivity contribution in [3.63, 3.8) is 0 Å². The summed E-state index contributed by atoms with van der Waals surface area (Å²) < 4.78 is 0. The van der Waals surface area contributed by atoms with Crippen LogP contribution in [0.3, 0.4) is 0 Å². The van der Waals surface area contributed by atoms with Gasteiger partial charge in [-0.3, -0.25) is 14.5 Å². The number of hydrogen-bond acceptors (Lipinski definition) is 4. The van der Waals surface area contributed by atoms with Crippen LogP contribution in [0.2, 0.25) is 0 Å². The molecule has 2 amide bonds. The summed E-state index contributed by atoms with van der Waals surface area (Å²) in [5.41, 5.74) is 7.34. The minimum atomic E-state index is 0.0621. The third-order valence-electron chi connectivity index (χ3n) is 5.41. The number of carbonyl (C=O) groups is 2. The summed E-state index contributed by atoms with van der Waals surface area (Å²) in [6.07, 6.45) is 4.71. The fraction of sp³-hybridized carbons (Fsp3) is 0.600. The van der Waals surface area contributed by atoms with E-state index in [1.807, 2.05) is 34.1 Å². The fourth-order valence-electron chi connectivity index (χ4n) is 3.69. The van der Waals surface area contributed by atoms with Crippen molar-refractivity contribution >= 4 is 11.8 Å². The van der Waals surface area contributed by atoms with E-state index in [-0.39, 0.29) is 11.8 Å². The molecule has 26 heavy (non-hydrogen) atoms. The molecule has 1 aromatic carbocycles. The first-order chi connectivity index (χ1) is 12.7. The lowest BCUT2D eigenvalue weighted by atomic mass is 10.1. The Bertz CT molecular complexity index is 601. The molecule has 2 saturated heterocycles. The van der Waals surface area contributed by atoms with Crippen molar-refractivity contribution in [1.82, 2.24) is 14.7 Å². The molecule has 0 spiro atoms. The third kappa shape index (κ3) is 4.83. The molecule has 1 aromatic rings. The van der Waals surface area contributed by atoms with Crippen molar-refractivity contribution in [3.05, 3.63) is 35.4 Å². The average molecular weight is 358 g/mol. The molecule has 3 rings (SSSR count). The van der Waals surface area contributed by atoms with E-state index in [0.29, 0.717) is 31.7 Å². The average Bonchev–Trinajstić information content (AvgIpc) is 2.98. The summed E-state index contributed by atoms with van der Waals surface area (Å²) >= 11 is 0. The van der Waals surface area contributed by atoms with Crippen molar-refractivity contribution in [2.75, 3.05) is 45.8 Å². The van der Waals surface area contributed by atoms with Crippen molar-refractivity contribution in [2.45, 2.75) is 32.2 Å². The molecule has 2 N–H and O–H groups in total. The zero-order valence-electron chi connectivity index (χ0n) is 15.5. The molecule has 2 aliphatic heterocycles. The van der Waals surface area contributed by atoms with Gasteiger partial charge in [0.1, 0.15) is 0 Å². The van der Waals surface area contributed by atoms with Crippen molar-refractivity contribution in [3.8, 4) is 0 Å². The van der Waals surface area contributed by atoms with Crippen molar-refractivity contribution in [2.24, 2.45) is 5.73 Å². The van der Waals surface area contributed by atoms with E-state index < -0.39 is 0 Å². The summed E-state index contributed by atoms with van der Waals surface area (Å²) in [4.78, 5) is 31.2. The number of rotatable bonds is 4. The van der Waals surface area contributed by atoms with Gasteiger partial charge in [0.05, 0.1) is 6.54 Å². The molecule has 6 heteroatoms. The SMILES string of the molecule is NCc1ccc(C(=O)N2CCN(CC(=O)N3CCCCCC3)CC2)cc1. The van der Waals surface area contributed by atoms with Gasteiger partial charge in [0.25, 0.3) is 5.91 Å². The van der Waals surface area contributed by atoms with Gasteiger partial charge in [-0.2, -0.15) is 0 Å². The van der Waals surface area contributed by atoms with E-state index in [1.54, 1.807) is 0 Å². The molecule has 142 valence electrons. The van der Waals surface area contributed by atoms with E-state index in [4.69, 9.17) is 5.73 Å². The maximum atomic E-state index is 12.6. The minimum Gasteiger partial charge on any atom is -0.342 e. The molecule has 0 atom stereocenters. The van der Waals surface area contributed by atoms with Crippen LogP contribution in [0.1, 0.15) is 41.6 Å². The summed E-state index contributed by atoms with van der Waals surface area (Å²) in [5, 5.41) is 0. The topological polar surface area (TPSA) is 69.9 Å². The molecule has 0 aromatic heterocycles. The molecule has 0 aliphatic carbocycles. The van der Waals surface area contributed by atoms with E-state index in [9.17, 15) is 9.59 Å². The zero-order valence-corrected chi connectivity index (χ0v) is 15.5. The van der Waals surface area contributed by atoms with Crippen LogP contribution in [-0.4, -0.2) is 72.3 Å². The fourth-order valence-corrected chi connectivity index (χ4v) is 3.69.